The normalized spacial score (nSPS) is 15.5. The highest BCUT2D eigenvalue weighted by Crippen LogP contribution is 2.25. The highest BCUT2D eigenvalue weighted by molar-refractivity contribution is 5.87. The third-order valence-electron chi connectivity index (χ3n) is 9.78. The second-order valence-corrected chi connectivity index (χ2v) is 14.6. The van der Waals surface area contributed by atoms with Gasteiger partial charge in [-0.05, 0) is 49.1 Å². The second-order valence-electron chi connectivity index (χ2n) is 14.6. The molecule has 0 spiro atoms. The summed E-state index contributed by atoms with van der Waals surface area (Å²) in [5.41, 5.74) is 2.40. The van der Waals surface area contributed by atoms with Crippen molar-refractivity contribution in [2.45, 2.75) is 162 Å². The fourth-order valence-electron chi connectivity index (χ4n) is 6.49. The van der Waals surface area contributed by atoms with Gasteiger partial charge in [0.1, 0.15) is 30.9 Å². The van der Waals surface area contributed by atoms with Crippen LogP contribution in [0, 0.1) is 13.8 Å². The minimum Gasteiger partial charge on any atom is -0.493 e. The Hall–Kier alpha value is -3.77. The van der Waals surface area contributed by atoms with E-state index in [1.807, 2.05) is 26.0 Å². The molecule has 54 heavy (non-hydrogen) atoms. The summed E-state index contributed by atoms with van der Waals surface area (Å²) in [6, 6.07) is 5.43. The van der Waals surface area contributed by atoms with Gasteiger partial charge in [0, 0.05) is 26.2 Å². The quantitative estimate of drug-likeness (QED) is 0.0679. The Morgan fingerprint density at radius 3 is 2.04 bits per heavy atom. The average Bonchev–Trinajstić information content (AvgIpc) is 3.15. The van der Waals surface area contributed by atoms with E-state index >= 15 is 0 Å². The lowest BCUT2D eigenvalue weighted by atomic mass is 10.0. The minimum atomic E-state index is -0.668. The summed E-state index contributed by atoms with van der Waals surface area (Å²) in [5.74, 6) is -0.407. The molecule has 1 aliphatic rings. The number of nitrogens with zero attached hydrogens (tertiary/aromatic N) is 2. The molecule has 2 atom stereocenters. The Labute approximate surface area is 322 Å². The molecule has 1 aliphatic heterocycles. The summed E-state index contributed by atoms with van der Waals surface area (Å²) >= 11 is 0. The smallest absolute Gasteiger partial charge is 0.351 e. The summed E-state index contributed by atoms with van der Waals surface area (Å²) < 4.78 is 24.2. The van der Waals surface area contributed by atoms with Crippen LogP contribution in [0.2, 0.25) is 0 Å². The lowest BCUT2D eigenvalue weighted by Crippen LogP contribution is -2.47. The maximum atomic E-state index is 12.5. The monoisotopic (exact) mass is 754 g/mol. The third kappa shape index (κ3) is 18.0. The summed E-state index contributed by atoms with van der Waals surface area (Å²) in [5, 5.41) is 5.62. The van der Waals surface area contributed by atoms with Crippen LogP contribution in [0.1, 0.15) is 152 Å². The Morgan fingerprint density at radius 1 is 0.852 bits per heavy atom. The number of esters is 2. The number of hydrogen-bond donors (Lipinski definition) is 2. The van der Waals surface area contributed by atoms with Gasteiger partial charge in [-0.2, -0.15) is 4.98 Å². The number of aryl methyl sites for hydroxylation is 1. The first-order chi connectivity index (χ1) is 26.2. The number of rotatable bonds is 27. The zero-order valence-electron chi connectivity index (χ0n) is 33.4. The molecule has 0 unspecified atom stereocenters. The molecule has 12 nitrogen and oxygen atoms in total. The summed E-state index contributed by atoms with van der Waals surface area (Å²) in [7, 11) is 0. The SMILES string of the molecule is CCCCCCCCCCCCCCCCCCOc1cc(COC(=O)CCC(=O)OC[C@@H]2CNC[C@H](n3ccc(NC(C)=O)nc3=O)O2)cc(C)c1C. The van der Waals surface area contributed by atoms with Crippen molar-refractivity contribution in [1.82, 2.24) is 14.9 Å². The molecule has 3 rings (SSSR count). The largest absolute Gasteiger partial charge is 0.493 e. The van der Waals surface area contributed by atoms with Gasteiger partial charge in [0.05, 0.1) is 19.4 Å². The molecule has 1 aromatic carbocycles. The van der Waals surface area contributed by atoms with Gasteiger partial charge in [-0.3, -0.25) is 19.0 Å². The van der Waals surface area contributed by atoms with E-state index in [9.17, 15) is 19.2 Å². The highest BCUT2D eigenvalue weighted by Gasteiger charge is 2.26. The number of morpholine rings is 1. The van der Waals surface area contributed by atoms with Gasteiger partial charge >= 0.3 is 17.6 Å². The molecular formula is C42H66N4O8. The lowest BCUT2D eigenvalue weighted by Gasteiger charge is -2.31. The number of ether oxygens (including phenoxy) is 4. The Kier molecular flexibility index (Phi) is 21.6. The van der Waals surface area contributed by atoms with Gasteiger partial charge < -0.3 is 29.6 Å². The summed E-state index contributed by atoms with van der Waals surface area (Å²) in [6.07, 6.45) is 21.4. The van der Waals surface area contributed by atoms with Crippen molar-refractivity contribution >= 4 is 23.7 Å². The number of benzene rings is 1. The molecule has 0 bridgehead atoms. The highest BCUT2D eigenvalue weighted by atomic mass is 16.6. The molecule has 0 radical (unpaired) electrons. The first kappa shape index (κ1) is 44.6. The Balaban J connectivity index is 1.24. The zero-order valence-corrected chi connectivity index (χ0v) is 33.4. The van der Waals surface area contributed by atoms with Crippen LogP contribution in [0.4, 0.5) is 5.82 Å². The molecule has 302 valence electrons. The van der Waals surface area contributed by atoms with E-state index in [1.165, 1.54) is 114 Å². The number of hydrogen-bond acceptors (Lipinski definition) is 10. The van der Waals surface area contributed by atoms with Gasteiger partial charge in [-0.15, -0.1) is 0 Å². The summed E-state index contributed by atoms with van der Waals surface area (Å²) in [6.45, 7) is 9.13. The Bertz CT molecular complexity index is 1480. The second kappa shape index (κ2) is 26.1. The molecule has 2 N–H and O–H groups in total. The van der Waals surface area contributed by atoms with Crippen molar-refractivity contribution in [3.05, 3.63) is 51.6 Å². The number of aromatic nitrogens is 2. The van der Waals surface area contributed by atoms with Crippen LogP contribution < -0.4 is 21.1 Å². The number of carbonyl (C=O) groups excluding carboxylic acids is 3. The van der Waals surface area contributed by atoms with E-state index < -0.39 is 30.0 Å². The van der Waals surface area contributed by atoms with Crippen LogP contribution in [0.3, 0.4) is 0 Å². The number of amides is 1. The van der Waals surface area contributed by atoms with E-state index in [1.54, 1.807) is 0 Å². The maximum absolute atomic E-state index is 12.5. The van der Waals surface area contributed by atoms with E-state index in [0.717, 1.165) is 35.3 Å². The first-order valence-electron chi connectivity index (χ1n) is 20.4. The predicted molar refractivity (Wildman–Crippen MR) is 211 cm³/mol. The van der Waals surface area contributed by atoms with E-state index in [-0.39, 0.29) is 37.8 Å². The minimum absolute atomic E-state index is 0.0472. The van der Waals surface area contributed by atoms with Crippen LogP contribution in [0.5, 0.6) is 5.75 Å². The molecule has 1 saturated heterocycles. The van der Waals surface area contributed by atoms with Crippen LogP contribution in [0.15, 0.2) is 29.2 Å². The van der Waals surface area contributed by atoms with E-state index in [2.05, 4.69) is 22.5 Å². The molecule has 2 heterocycles. The molecule has 1 amide bonds. The van der Waals surface area contributed by atoms with Crippen LogP contribution in [-0.2, 0) is 35.2 Å². The topological polar surface area (TPSA) is 147 Å². The Morgan fingerprint density at radius 2 is 1.44 bits per heavy atom. The fourth-order valence-corrected chi connectivity index (χ4v) is 6.49. The summed E-state index contributed by atoms with van der Waals surface area (Å²) in [4.78, 5) is 52.4. The number of carbonyl (C=O) groups is 3. The van der Waals surface area contributed by atoms with Crippen LogP contribution in [0.25, 0.3) is 0 Å². The van der Waals surface area contributed by atoms with Crippen molar-refractivity contribution in [3.8, 4) is 5.75 Å². The number of nitrogens with one attached hydrogen (secondary N) is 2. The molecule has 1 fully saturated rings. The van der Waals surface area contributed by atoms with Crippen molar-refractivity contribution in [3.63, 3.8) is 0 Å². The number of unbranched alkanes of at least 4 members (excludes halogenated alkanes) is 15. The standard InChI is InChI=1S/C42H66N4O8/c1-5-6-7-8-9-10-11-12-13-14-15-16-17-18-19-20-25-51-37-27-35(26-32(2)33(37)3)30-52-40(48)21-22-41(49)53-31-36-28-43-29-39(54-36)46-24-23-38(44-34(4)47)45-42(46)50/h23-24,26-27,36,39,43H,5-22,25,28-31H2,1-4H3,(H,44,45,47,50)/t36-,39+/m0/s1. The average molecular weight is 755 g/mol. The van der Waals surface area contributed by atoms with Gasteiger partial charge in [-0.25, -0.2) is 4.79 Å². The van der Waals surface area contributed by atoms with E-state index in [0.29, 0.717) is 19.7 Å². The zero-order chi connectivity index (χ0) is 39.0. The van der Waals surface area contributed by atoms with Gasteiger partial charge in [0.2, 0.25) is 5.91 Å². The van der Waals surface area contributed by atoms with Crippen molar-refractivity contribution in [2.24, 2.45) is 0 Å². The van der Waals surface area contributed by atoms with Gasteiger partial charge in [0.25, 0.3) is 0 Å². The van der Waals surface area contributed by atoms with E-state index in [4.69, 9.17) is 18.9 Å². The third-order valence-corrected chi connectivity index (χ3v) is 9.78. The van der Waals surface area contributed by atoms with Crippen molar-refractivity contribution in [2.75, 3.05) is 31.6 Å². The molecular weight excluding hydrogens is 688 g/mol. The molecule has 1 aromatic heterocycles. The molecule has 0 saturated carbocycles. The van der Waals surface area contributed by atoms with Gasteiger partial charge in [0.15, 0.2) is 6.23 Å². The number of anilines is 1. The maximum Gasteiger partial charge on any atom is 0.351 e. The predicted octanol–water partition coefficient (Wildman–Crippen LogP) is 8.01. The molecule has 12 heteroatoms. The van der Waals surface area contributed by atoms with Crippen molar-refractivity contribution < 1.29 is 33.3 Å². The fraction of sp³-hybridized carbons (Fsp3) is 0.690. The van der Waals surface area contributed by atoms with Crippen LogP contribution in [-0.4, -0.2) is 59.8 Å². The lowest BCUT2D eigenvalue weighted by molar-refractivity contribution is -0.157. The first-order valence-corrected chi connectivity index (χ1v) is 20.4. The molecule has 0 aliphatic carbocycles. The van der Waals surface area contributed by atoms with Crippen LogP contribution >= 0.6 is 0 Å². The van der Waals surface area contributed by atoms with Crippen molar-refractivity contribution in [1.29, 1.82) is 0 Å². The van der Waals surface area contributed by atoms with Gasteiger partial charge in [-0.1, -0.05) is 109 Å². The molecule has 2 aromatic rings.